The highest BCUT2D eigenvalue weighted by molar-refractivity contribution is 14.0. The van der Waals surface area contributed by atoms with Crippen molar-refractivity contribution in [3.8, 4) is 5.75 Å². The molecule has 2 aromatic rings. The third kappa shape index (κ3) is 9.21. The first-order valence-corrected chi connectivity index (χ1v) is 10.1. The molecule has 6 nitrogen and oxygen atoms in total. The van der Waals surface area contributed by atoms with Gasteiger partial charge in [-0.15, -0.1) is 24.0 Å². The van der Waals surface area contributed by atoms with Gasteiger partial charge in [-0.1, -0.05) is 29.8 Å². The van der Waals surface area contributed by atoms with Gasteiger partial charge in [0.15, 0.2) is 5.96 Å². The summed E-state index contributed by atoms with van der Waals surface area (Å²) in [4.78, 5) is 15.7. The first kappa shape index (κ1) is 26.0. The highest BCUT2D eigenvalue weighted by atomic mass is 127. The summed E-state index contributed by atoms with van der Waals surface area (Å²) < 4.78 is 5.18. The van der Waals surface area contributed by atoms with Crippen LogP contribution in [0.25, 0.3) is 0 Å². The van der Waals surface area contributed by atoms with E-state index in [0.717, 1.165) is 48.9 Å². The quantitative estimate of drug-likeness (QED) is 0.250. The van der Waals surface area contributed by atoms with Crippen LogP contribution in [0.2, 0.25) is 5.02 Å². The van der Waals surface area contributed by atoms with Gasteiger partial charge in [0.05, 0.1) is 7.11 Å². The van der Waals surface area contributed by atoms with E-state index in [2.05, 4.69) is 20.9 Å². The second-order valence-corrected chi connectivity index (χ2v) is 6.93. The summed E-state index contributed by atoms with van der Waals surface area (Å²) in [5.74, 6) is 1.47. The lowest BCUT2D eigenvalue weighted by Crippen LogP contribution is -2.38. The maximum Gasteiger partial charge on any atom is 0.221 e. The van der Waals surface area contributed by atoms with Gasteiger partial charge in [0, 0.05) is 37.3 Å². The van der Waals surface area contributed by atoms with Crippen molar-refractivity contribution in [2.75, 3.05) is 32.1 Å². The lowest BCUT2D eigenvalue weighted by atomic mass is 10.1. The number of guanidine groups is 1. The molecule has 0 saturated heterocycles. The standard InChI is InChI=1S/C22H29ClN4O2.HI/c1-4-24-22(26-14-12-18-7-10-20(29-3)15-21(18)23)25-13-11-17-5-8-19(9-6-17)27-16(2)28;/h5-10,15H,4,11-14H2,1-3H3,(H,27,28)(H2,24,25,26);1H. The average molecular weight is 545 g/mol. The van der Waals surface area contributed by atoms with Crippen LogP contribution in [-0.4, -0.2) is 38.6 Å². The number of nitrogens with zero attached hydrogens (tertiary/aromatic N) is 1. The van der Waals surface area contributed by atoms with Crippen LogP contribution in [0.5, 0.6) is 5.75 Å². The van der Waals surface area contributed by atoms with E-state index in [1.807, 2.05) is 49.4 Å². The summed E-state index contributed by atoms with van der Waals surface area (Å²) in [6.45, 7) is 5.72. The zero-order valence-electron chi connectivity index (χ0n) is 17.6. The molecule has 0 aliphatic heterocycles. The summed E-state index contributed by atoms with van der Waals surface area (Å²) in [5.41, 5.74) is 3.04. The van der Waals surface area contributed by atoms with Crippen molar-refractivity contribution in [1.82, 2.24) is 10.6 Å². The maximum atomic E-state index is 11.1. The highest BCUT2D eigenvalue weighted by Gasteiger charge is 2.03. The number of methoxy groups -OCH3 is 1. The molecule has 2 rings (SSSR count). The van der Waals surface area contributed by atoms with Crippen molar-refractivity contribution in [2.24, 2.45) is 4.99 Å². The van der Waals surface area contributed by atoms with Gasteiger partial charge < -0.3 is 20.7 Å². The molecule has 0 aromatic heterocycles. The normalized spacial score (nSPS) is 10.7. The number of anilines is 1. The van der Waals surface area contributed by atoms with Crippen molar-refractivity contribution in [3.63, 3.8) is 0 Å². The number of hydrogen-bond donors (Lipinski definition) is 3. The number of carbonyl (C=O) groups excluding carboxylic acids is 1. The minimum Gasteiger partial charge on any atom is -0.497 e. The van der Waals surface area contributed by atoms with E-state index < -0.39 is 0 Å². The summed E-state index contributed by atoms with van der Waals surface area (Å²) >= 11 is 6.29. The monoisotopic (exact) mass is 544 g/mol. The van der Waals surface area contributed by atoms with E-state index in [9.17, 15) is 4.79 Å². The Hall–Kier alpha value is -2.00. The lowest BCUT2D eigenvalue weighted by Gasteiger charge is -2.12. The number of rotatable bonds is 9. The molecule has 0 aliphatic carbocycles. The molecular weight excluding hydrogens is 515 g/mol. The predicted molar refractivity (Wildman–Crippen MR) is 136 cm³/mol. The van der Waals surface area contributed by atoms with Crippen molar-refractivity contribution in [2.45, 2.75) is 26.7 Å². The number of amides is 1. The molecule has 0 fully saturated rings. The number of nitrogens with one attached hydrogen (secondary N) is 3. The number of aliphatic imine (C=N–C) groups is 1. The second kappa shape index (κ2) is 14.1. The van der Waals surface area contributed by atoms with Crippen LogP contribution < -0.4 is 20.7 Å². The van der Waals surface area contributed by atoms with Crippen LogP contribution in [-0.2, 0) is 17.6 Å². The second-order valence-electron chi connectivity index (χ2n) is 6.52. The molecule has 0 atom stereocenters. The van der Waals surface area contributed by atoms with Crippen molar-refractivity contribution in [1.29, 1.82) is 0 Å². The third-order valence-electron chi connectivity index (χ3n) is 4.24. The van der Waals surface area contributed by atoms with E-state index in [1.54, 1.807) is 7.11 Å². The van der Waals surface area contributed by atoms with Crippen LogP contribution in [0.3, 0.4) is 0 Å². The van der Waals surface area contributed by atoms with Crippen LogP contribution in [0, 0.1) is 0 Å². The van der Waals surface area contributed by atoms with Crippen LogP contribution in [0.15, 0.2) is 47.5 Å². The van der Waals surface area contributed by atoms with Gasteiger partial charge in [-0.2, -0.15) is 0 Å². The SMILES string of the molecule is CCNC(=NCCc1ccc(OC)cc1Cl)NCCc1ccc(NC(C)=O)cc1.I. The van der Waals surface area contributed by atoms with Gasteiger partial charge in [-0.25, -0.2) is 0 Å². The largest absolute Gasteiger partial charge is 0.497 e. The Labute approximate surface area is 200 Å². The summed E-state index contributed by atoms with van der Waals surface area (Å²) in [6, 6.07) is 13.6. The Balaban J connectivity index is 0.00000450. The van der Waals surface area contributed by atoms with Gasteiger partial charge in [-0.3, -0.25) is 9.79 Å². The van der Waals surface area contributed by atoms with Gasteiger partial charge in [-0.05, 0) is 55.2 Å². The fraction of sp³-hybridized carbons (Fsp3) is 0.364. The Morgan fingerprint density at radius 3 is 2.43 bits per heavy atom. The van der Waals surface area contributed by atoms with Gasteiger partial charge >= 0.3 is 0 Å². The van der Waals surface area contributed by atoms with E-state index in [0.29, 0.717) is 11.6 Å². The molecule has 8 heteroatoms. The molecule has 2 aromatic carbocycles. The smallest absolute Gasteiger partial charge is 0.221 e. The zero-order chi connectivity index (χ0) is 21.1. The molecule has 164 valence electrons. The molecule has 3 N–H and O–H groups in total. The fourth-order valence-electron chi connectivity index (χ4n) is 2.77. The molecule has 1 amide bonds. The fourth-order valence-corrected chi connectivity index (χ4v) is 3.04. The van der Waals surface area contributed by atoms with Crippen LogP contribution >= 0.6 is 35.6 Å². The first-order chi connectivity index (χ1) is 14.0. The lowest BCUT2D eigenvalue weighted by molar-refractivity contribution is -0.114. The van der Waals surface area contributed by atoms with E-state index in [-0.39, 0.29) is 29.9 Å². The van der Waals surface area contributed by atoms with Crippen molar-refractivity contribution < 1.29 is 9.53 Å². The van der Waals surface area contributed by atoms with Crippen LogP contribution in [0.4, 0.5) is 5.69 Å². The Kier molecular flexibility index (Phi) is 12.2. The number of carbonyl (C=O) groups is 1. The third-order valence-corrected chi connectivity index (χ3v) is 4.59. The zero-order valence-corrected chi connectivity index (χ0v) is 20.7. The average Bonchev–Trinajstić information content (AvgIpc) is 2.70. The molecule has 0 aliphatic rings. The summed E-state index contributed by atoms with van der Waals surface area (Å²) in [7, 11) is 1.63. The number of halogens is 2. The molecule has 0 spiro atoms. The summed E-state index contributed by atoms with van der Waals surface area (Å²) in [6.07, 6.45) is 1.61. The van der Waals surface area contributed by atoms with E-state index >= 15 is 0 Å². The minimum atomic E-state index is -0.0677. The highest BCUT2D eigenvalue weighted by Crippen LogP contribution is 2.22. The van der Waals surface area contributed by atoms with Gasteiger partial charge in [0.25, 0.3) is 0 Å². The Morgan fingerprint density at radius 2 is 1.83 bits per heavy atom. The van der Waals surface area contributed by atoms with E-state index in [1.165, 1.54) is 12.5 Å². The number of hydrogen-bond acceptors (Lipinski definition) is 3. The van der Waals surface area contributed by atoms with E-state index in [4.69, 9.17) is 16.3 Å². The first-order valence-electron chi connectivity index (χ1n) is 9.73. The molecule has 0 unspecified atom stereocenters. The maximum absolute atomic E-state index is 11.1. The molecule has 30 heavy (non-hydrogen) atoms. The molecule has 0 radical (unpaired) electrons. The molecule has 0 saturated carbocycles. The molecule has 0 bridgehead atoms. The van der Waals surface area contributed by atoms with Crippen LogP contribution in [0.1, 0.15) is 25.0 Å². The van der Waals surface area contributed by atoms with Gasteiger partial charge in [0.1, 0.15) is 5.75 Å². The molecular formula is C22H30ClIN4O2. The predicted octanol–water partition coefficient (Wildman–Crippen LogP) is 4.27. The molecule has 0 heterocycles. The number of ether oxygens (including phenoxy) is 1. The topological polar surface area (TPSA) is 74.8 Å². The number of benzene rings is 2. The van der Waals surface area contributed by atoms with Crippen molar-refractivity contribution >= 4 is 53.1 Å². The minimum absolute atomic E-state index is 0. The Morgan fingerprint density at radius 1 is 1.10 bits per heavy atom. The summed E-state index contributed by atoms with van der Waals surface area (Å²) in [5, 5.41) is 10.1. The Bertz CT molecular complexity index is 828. The van der Waals surface area contributed by atoms with Gasteiger partial charge in [0.2, 0.25) is 5.91 Å². The van der Waals surface area contributed by atoms with Crippen molar-refractivity contribution in [3.05, 3.63) is 58.6 Å².